The van der Waals surface area contributed by atoms with Crippen molar-refractivity contribution in [2.24, 2.45) is 0 Å². The summed E-state index contributed by atoms with van der Waals surface area (Å²) in [6.07, 6.45) is 0. The second-order valence-electron chi connectivity index (χ2n) is 12.0. The van der Waals surface area contributed by atoms with E-state index in [4.69, 9.17) is 0 Å². The quantitative estimate of drug-likeness (QED) is 0.141. The average molecular weight is 628 g/mol. The number of rotatable bonds is 6. The van der Waals surface area contributed by atoms with Crippen LogP contribution in [0.1, 0.15) is 11.1 Å². The molecule has 0 amide bonds. The predicted molar refractivity (Wildman–Crippen MR) is 199 cm³/mol. The molecule has 1 aromatic heterocycles. The Hall–Kier alpha value is -6.46. The zero-order valence-corrected chi connectivity index (χ0v) is 27.1. The molecule has 8 aromatic rings. The van der Waals surface area contributed by atoms with E-state index < -0.39 is 8.07 Å². The number of nitriles is 2. The fraction of sp³-hybridized carbons (Fsp3) is 0. The molecule has 0 atom stereocenters. The number of hydrogen-bond acceptors (Lipinski definition) is 2. The van der Waals surface area contributed by atoms with Crippen molar-refractivity contribution < 1.29 is 0 Å². The largest absolute Gasteiger partial charge is 0.308 e. The Kier molecular flexibility index (Phi) is 7.27. The lowest BCUT2D eigenvalue weighted by molar-refractivity contribution is 1.17. The topological polar surface area (TPSA) is 52.5 Å². The molecule has 0 aliphatic rings. The van der Waals surface area contributed by atoms with Gasteiger partial charge < -0.3 is 4.57 Å². The van der Waals surface area contributed by atoms with Crippen molar-refractivity contribution in [3.63, 3.8) is 0 Å². The van der Waals surface area contributed by atoms with Gasteiger partial charge in [0.15, 0.2) is 8.07 Å². The van der Waals surface area contributed by atoms with Crippen molar-refractivity contribution in [1.29, 1.82) is 10.5 Å². The molecule has 224 valence electrons. The summed E-state index contributed by atoms with van der Waals surface area (Å²) in [4.78, 5) is 0. The summed E-state index contributed by atoms with van der Waals surface area (Å²) in [5, 5.41) is 27.4. The Morgan fingerprint density at radius 1 is 0.417 bits per heavy atom. The van der Waals surface area contributed by atoms with Crippen molar-refractivity contribution >= 4 is 50.6 Å². The third-order valence-electron chi connectivity index (χ3n) is 9.41. The van der Waals surface area contributed by atoms with Crippen molar-refractivity contribution in [3.8, 4) is 29.0 Å². The maximum Gasteiger partial charge on any atom is 0.179 e. The first-order valence-corrected chi connectivity index (χ1v) is 18.0. The van der Waals surface area contributed by atoms with Crippen molar-refractivity contribution in [3.05, 3.63) is 187 Å². The highest BCUT2D eigenvalue weighted by atomic mass is 28.3. The Labute approximate surface area is 280 Å². The Bertz CT molecular complexity index is 2430. The number of nitrogens with zero attached hydrogens (tertiary/aromatic N) is 3. The summed E-state index contributed by atoms with van der Waals surface area (Å²) < 4.78 is 2.14. The molecular formula is C44H29N3Si. The normalized spacial score (nSPS) is 11.3. The fourth-order valence-electron chi connectivity index (χ4n) is 7.30. The number of benzene rings is 7. The van der Waals surface area contributed by atoms with Gasteiger partial charge in [-0.2, -0.15) is 10.5 Å². The maximum absolute atomic E-state index is 10.5. The van der Waals surface area contributed by atoms with Crippen LogP contribution in [0.4, 0.5) is 0 Å². The van der Waals surface area contributed by atoms with E-state index in [0.717, 1.165) is 38.6 Å². The summed E-state index contributed by atoms with van der Waals surface area (Å²) in [6.45, 7) is 0. The summed E-state index contributed by atoms with van der Waals surface area (Å²) in [5.41, 5.74) is 6.03. The summed E-state index contributed by atoms with van der Waals surface area (Å²) in [5.74, 6) is 0. The lowest BCUT2D eigenvalue weighted by atomic mass is 10.0. The number of fused-ring (bicyclic) bond motifs is 3. The molecule has 1 heterocycles. The lowest BCUT2D eigenvalue weighted by Gasteiger charge is -2.34. The van der Waals surface area contributed by atoms with Crippen LogP contribution >= 0.6 is 0 Å². The van der Waals surface area contributed by atoms with Crippen LogP contribution < -0.4 is 20.7 Å². The monoisotopic (exact) mass is 627 g/mol. The molecule has 0 saturated heterocycles. The van der Waals surface area contributed by atoms with Crippen molar-refractivity contribution in [2.75, 3.05) is 0 Å². The number of para-hydroxylation sites is 1. The summed E-state index contributed by atoms with van der Waals surface area (Å²) in [6, 6.07) is 66.5. The van der Waals surface area contributed by atoms with E-state index in [1.165, 1.54) is 20.7 Å². The van der Waals surface area contributed by atoms with Crippen molar-refractivity contribution in [2.45, 2.75) is 0 Å². The Balaban J connectivity index is 1.33. The number of aromatic nitrogens is 1. The Morgan fingerprint density at radius 2 is 0.979 bits per heavy atom. The van der Waals surface area contributed by atoms with Gasteiger partial charge in [0, 0.05) is 10.8 Å². The average Bonchev–Trinajstić information content (AvgIpc) is 3.50. The first kappa shape index (κ1) is 29.0. The van der Waals surface area contributed by atoms with E-state index in [2.05, 4.69) is 156 Å². The van der Waals surface area contributed by atoms with Crippen LogP contribution in [0.2, 0.25) is 0 Å². The maximum atomic E-state index is 10.5. The van der Waals surface area contributed by atoms with E-state index in [1.54, 1.807) is 0 Å². The fourth-order valence-corrected chi connectivity index (χ4v) is 12.1. The van der Waals surface area contributed by atoms with Gasteiger partial charge in [-0.25, -0.2) is 0 Å². The molecule has 0 aliphatic carbocycles. The molecule has 0 fully saturated rings. The SMILES string of the molecule is N#Cc1ccc2c(c1)c1ccccc1n2-c1ccc(-c2cccc([Si](c3ccccc3)(c3ccccc3)c3ccccc3)c2)cc1C#N. The molecule has 8 rings (SSSR count). The van der Waals surface area contributed by atoms with E-state index in [-0.39, 0.29) is 0 Å². The molecule has 0 aliphatic heterocycles. The summed E-state index contributed by atoms with van der Waals surface area (Å²) in [7, 11) is -2.70. The minimum atomic E-state index is -2.70. The van der Waals surface area contributed by atoms with E-state index in [9.17, 15) is 10.5 Å². The van der Waals surface area contributed by atoms with Crippen LogP contribution in [-0.2, 0) is 0 Å². The molecule has 4 heteroatoms. The van der Waals surface area contributed by atoms with E-state index >= 15 is 0 Å². The molecule has 7 aromatic carbocycles. The molecular weight excluding hydrogens is 599 g/mol. The van der Waals surface area contributed by atoms with Crippen molar-refractivity contribution in [1.82, 2.24) is 4.57 Å². The van der Waals surface area contributed by atoms with E-state index in [0.29, 0.717) is 11.1 Å². The van der Waals surface area contributed by atoms with E-state index in [1.807, 2.05) is 36.4 Å². The predicted octanol–water partition coefficient (Wildman–Crippen LogP) is 7.57. The van der Waals surface area contributed by atoms with Gasteiger partial charge in [-0.1, -0.05) is 140 Å². The first-order chi connectivity index (χ1) is 23.7. The third kappa shape index (κ3) is 4.64. The second kappa shape index (κ2) is 12.0. The van der Waals surface area contributed by atoms with Crippen LogP contribution in [0, 0.1) is 22.7 Å². The van der Waals surface area contributed by atoms with Crippen LogP contribution in [-0.4, -0.2) is 12.6 Å². The van der Waals surface area contributed by atoms with Crippen LogP contribution in [0.3, 0.4) is 0 Å². The highest BCUT2D eigenvalue weighted by Gasteiger charge is 2.41. The van der Waals surface area contributed by atoms with Gasteiger partial charge in [0.25, 0.3) is 0 Å². The molecule has 0 bridgehead atoms. The van der Waals surface area contributed by atoms with Crippen LogP contribution in [0.5, 0.6) is 0 Å². The molecule has 0 unspecified atom stereocenters. The van der Waals surface area contributed by atoms with Crippen LogP contribution in [0.15, 0.2) is 176 Å². The standard InChI is InChI=1S/C44H29N3Si/c45-30-32-23-25-44-41(27-32)40-21-10-11-22-43(40)47(44)42-26-24-34(28-35(42)31-46)33-13-12-20-39(29-33)48(36-14-4-1-5-15-36,37-16-6-2-7-17-37)38-18-8-3-9-19-38/h1-29H. The first-order valence-electron chi connectivity index (χ1n) is 16.0. The van der Waals surface area contributed by atoms with Gasteiger partial charge in [0.05, 0.1) is 33.9 Å². The van der Waals surface area contributed by atoms with Gasteiger partial charge in [-0.05, 0) is 68.3 Å². The summed E-state index contributed by atoms with van der Waals surface area (Å²) >= 11 is 0. The number of hydrogen-bond donors (Lipinski definition) is 0. The molecule has 0 spiro atoms. The zero-order chi connectivity index (χ0) is 32.5. The smallest absolute Gasteiger partial charge is 0.179 e. The van der Waals surface area contributed by atoms with Crippen LogP contribution in [0.25, 0.3) is 38.6 Å². The van der Waals surface area contributed by atoms with Gasteiger partial charge in [-0.3, -0.25) is 0 Å². The molecule has 0 radical (unpaired) electrons. The highest BCUT2D eigenvalue weighted by molar-refractivity contribution is 7.19. The molecule has 0 saturated carbocycles. The molecule has 0 N–H and O–H groups in total. The van der Waals surface area contributed by atoms with Gasteiger partial charge in [0.1, 0.15) is 6.07 Å². The third-order valence-corrected chi connectivity index (χ3v) is 14.2. The minimum absolute atomic E-state index is 0.586. The lowest BCUT2D eigenvalue weighted by Crippen LogP contribution is -2.74. The Morgan fingerprint density at radius 3 is 1.60 bits per heavy atom. The van der Waals surface area contributed by atoms with Gasteiger partial charge in [0.2, 0.25) is 0 Å². The van der Waals surface area contributed by atoms with Gasteiger partial charge in [-0.15, -0.1) is 0 Å². The zero-order valence-electron chi connectivity index (χ0n) is 26.1. The minimum Gasteiger partial charge on any atom is -0.308 e. The van der Waals surface area contributed by atoms with Gasteiger partial charge >= 0.3 is 0 Å². The highest BCUT2D eigenvalue weighted by Crippen LogP contribution is 2.35. The molecule has 48 heavy (non-hydrogen) atoms. The molecule has 3 nitrogen and oxygen atoms in total. The second-order valence-corrected chi connectivity index (χ2v) is 15.8.